The van der Waals surface area contributed by atoms with Gasteiger partial charge in [-0.3, -0.25) is 0 Å². The summed E-state index contributed by atoms with van der Waals surface area (Å²) in [5.74, 6) is 0.549. The van der Waals surface area contributed by atoms with Gasteiger partial charge >= 0.3 is 0 Å². The van der Waals surface area contributed by atoms with Crippen molar-refractivity contribution in [3.05, 3.63) is 21.7 Å². The average molecular weight is 273 g/mol. The van der Waals surface area contributed by atoms with Gasteiger partial charge in [-0.2, -0.15) is 0 Å². The maximum Gasteiger partial charge on any atom is 0.164 e. The van der Waals surface area contributed by atoms with Crippen LogP contribution < -0.4 is 4.74 Å². The van der Waals surface area contributed by atoms with E-state index in [9.17, 15) is 9.90 Å². The summed E-state index contributed by atoms with van der Waals surface area (Å²) < 4.78 is 5.94. The molecule has 0 atom stereocenters. The number of halogens is 1. The molecule has 0 saturated heterocycles. The molecule has 0 saturated carbocycles. The number of methoxy groups -OCH3 is 1. The molecular formula is C11H13BrO3. The monoisotopic (exact) mass is 272 g/mol. The third kappa shape index (κ3) is 2.50. The number of ether oxygens (including phenoxy) is 1. The third-order valence-corrected chi connectivity index (χ3v) is 3.12. The maximum absolute atomic E-state index is 10.3. The molecule has 0 spiro atoms. The highest BCUT2D eigenvalue weighted by atomic mass is 79.9. The van der Waals surface area contributed by atoms with Crippen LogP contribution in [-0.2, 0) is 11.2 Å². The highest BCUT2D eigenvalue weighted by Crippen LogP contribution is 2.37. The number of hydrogen-bond donors (Lipinski definition) is 1. The van der Waals surface area contributed by atoms with Crippen molar-refractivity contribution >= 4 is 22.2 Å². The Morgan fingerprint density at radius 1 is 1.60 bits per heavy atom. The molecule has 0 aliphatic rings. The van der Waals surface area contributed by atoms with Crippen LogP contribution in [0.1, 0.15) is 17.5 Å². The van der Waals surface area contributed by atoms with Gasteiger partial charge in [0.15, 0.2) is 11.5 Å². The van der Waals surface area contributed by atoms with Crippen LogP contribution in [0.5, 0.6) is 11.5 Å². The Bertz CT molecular complexity index is 375. The molecule has 1 rings (SSSR count). The SMILES string of the molecule is COc1c(O)cc(Br)c(C)c1CCC=O. The fourth-order valence-corrected chi connectivity index (χ4v) is 1.95. The zero-order chi connectivity index (χ0) is 11.4. The predicted molar refractivity (Wildman–Crippen MR) is 61.5 cm³/mol. The summed E-state index contributed by atoms with van der Waals surface area (Å²) in [6, 6.07) is 1.60. The minimum absolute atomic E-state index is 0.0934. The number of carbonyl (C=O) groups is 1. The lowest BCUT2D eigenvalue weighted by Gasteiger charge is -2.13. The van der Waals surface area contributed by atoms with E-state index in [2.05, 4.69) is 15.9 Å². The van der Waals surface area contributed by atoms with E-state index < -0.39 is 0 Å². The van der Waals surface area contributed by atoms with Crippen LogP contribution >= 0.6 is 15.9 Å². The fraction of sp³-hybridized carbons (Fsp3) is 0.364. The van der Waals surface area contributed by atoms with Gasteiger partial charge in [-0.1, -0.05) is 15.9 Å². The molecule has 0 aromatic heterocycles. The number of rotatable bonds is 4. The van der Waals surface area contributed by atoms with Gasteiger partial charge in [0.05, 0.1) is 7.11 Å². The number of hydrogen-bond acceptors (Lipinski definition) is 3. The fourth-order valence-electron chi connectivity index (χ4n) is 1.49. The minimum atomic E-state index is 0.0934. The molecule has 0 aliphatic carbocycles. The standard InChI is InChI=1S/C11H13BrO3/c1-7-8(4-3-5-13)11(15-2)10(14)6-9(7)12/h5-6,14H,3-4H2,1-2H3. The van der Waals surface area contributed by atoms with Gasteiger partial charge in [-0.15, -0.1) is 0 Å². The van der Waals surface area contributed by atoms with Crippen LogP contribution in [0.2, 0.25) is 0 Å². The molecule has 0 unspecified atom stereocenters. The zero-order valence-electron chi connectivity index (χ0n) is 8.71. The summed E-state index contributed by atoms with van der Waals surface area (Å²) in [5.41, 5.74) is 1.86. The molecule has 3 nitrogen and oxygen atoms in total. The number of benzene rings is 1. The molecule has 1 aromatic rings. The first-order chi connectivity index (χ1) is 7.11. The second kappa shape index (κ2) is 5.16. The second-order valence-corrected chi connectivity index (χ2v) is 4.07. The normalized spacial score (nSPS) is 10.1. The van der Waals surface area contributed by atoms with Crippen LogP contribution in [-0.4, -0.2) is 18.5 Å². The van der Waals surface area contributed by atoms with E-state index in [-0.39, 0.29) is 5.75 Å². The molecular weight excluding hydrogens is 260 g/mol. The number of aromatic hydroxyl groups is 1. The first-order valence-electron chi connectivity index (χ1n) is 4.60. The van der Waals surface area contributed by atoms with Gasteiger partial charge in [-0.25, -0.2) is 0 Å². The van der Waals surface area contributed by atoms with Gasteiger partial charge in [0, 0.05) is 16.5 Å². The highest BCUT2D eigenvalue weighted by Gasteiger charge is 2.14. The summed E-state index contributed by atoms with van der Waals surface area (Å²) in [6.45, 7) is 1.92. The van der Waals surface area contributed by atoms with Gasteiger partial charge in [0.2, 0.25) is 0 Å². The summed E-state index contributed by atoms with van der Waals surface area (Å²) in [5, 5.41) is 9.65. The van der Waals surface area contributed by atoms with Gasteiger partial charge in [0.1, 0.15) is 6.29 Å². The average Bonchev–Trinajstić information content (AvgIpc) is 2.21. The minimum Gasteiger partial charge on any atom is -0.504 e. The van der Waals surface area contributed by atoms with E-state index in [1.807, 2.05) is 6.92 Å². The van der Waals surface area contributed by atoms with E-state index in [1.165, 1.54) is 7.11 Å². The maximum atomic E-state index is 10.3. The van der Waals surface area contributed by atoms with Crippen molar-refractivity contribution in [2.24, 2.45) is 0 Å². The lowest BCUT2D eigenvalue weighted by atomic mass is 10.0. The Morgan fingerprint density at radius 2 is 2.27 bits per heavy atom. The first-order valence-corrected chi connectivity index (χ1v) is 5.39. The van der Waals surface area contributed by atoms with Crippen molar-refractivity contribution in [2.75, 3.05) is 7.11 Å². The second-order valence-electron chi connectivity index (χ2n) is 3.22. The number of carbonyl (C=O) groups excluding carboxylic acids is 1. The summed E-state index contributed by atoms with van der Waals surface area (Å²) in [7, 11) is 1.51. The first kappa shape index (κ1) is 12.0. The van der Waals surface area contributed by atoms with Gasteiger partial charge < -0.3 is 14.6 Å². The van der Waals surface area contributed by atoms with Crippen molar-refractivity contribution < 1.29 is 14.6 Å². The van der Waals surface area contributed by atoms with Crippen molar-refractivity contribution in [1.82, 2.24) is 0 Å². The van der Waals surface area contributed by atoms with Crippen LogP contribution in [0.4, 0.5) is 0 Å². The van der Waals surface area contributed by atoms with E-state index in [1.54, 1.807) is 6.07 Å². The van der Waals surface area contributed by atoms with Crippen molar-refractivity contribution in [3.63, 3.8) is 0 Å². The molecule has 0 bridgehead atoms. The lowest BCUT2D eigenvalue weighted by Crippen LogP contribution is -1.97. The summed E-state index contributed by atoms with van der Waals surface area (Å²) in [6.07, 6.45) is 1.86. The molecule has 0 heterocycles. The molecule has 0 fully saturated rings. The molecule has 1 N–H and O–H groups in total. The van der Waals surface area contributed by atoms with E-state index >= 15 is 0 Å². The summed E-state index contributed by atoms with van der Waals surface area (Å²) in [4.78, 5) is 10.3. The number of phenols is 1. The zero-order valence-corrected chi connectivity index (χ0v) is 10.3. The van der Waals surface area contributed by atoms with Crippen LogP contribution in [0.25, 0.3) is 0 Å². The van der Waals surface area contributed by atoms with E-state index in [0.717, 1.165) is 21.9 Å². The van der Waals surface area contributed by atoms with Crippen LogP contribution in [0.3, 0.4) is 0 Å². The summed E-state index contributed by atoms with van der Waals surface area (Å²) >= 11 is 3.35. The van der Waals surface area contributed by atoms with E-state index in [4.69, 9.17) is 4.74 Å². The lowest BCUT2D eigenvalue weighted by molar-refractivity contribution is -0.107. The molecule has 0 aliphatic heterocycles. The smallest absolute Gasteiger partial charge is 0.164 e. The molecule has 4 heteroatoms. The molecule has 82 valence electrons. The Morgan fingerprint density at radius 3 is 2.80 bits per heavy atom. The molecule has 0 radical (unpaired) electrons. The van der Waals surface area contributed by atoms with Crippen molar-refractivity contribution in [3.8, 4) is 11.5 Å². The molecule has 15 heavy (non-hydrogen) atoms. The molecule has 1 aromatic carbocycles. The predicted octanol–water partition coefficient (Wildman–Crippen LogP) is 2.60. The molecule has 0 amide bonds. The largest absolute Gasteiger partial charge is 0.504 e. The highest BCUT2D eigenvalue weighted by molar-refractivity contribution is 9.10. The number of aldehydes is 1. The van der Waals surface area contributed by atoms with Crippen LogP contribution in [0, 0.1) is 6.92 Å². The Kier molecular flexibility index (Phi) is 4.15. The van der Waals surface area contributed by atoms with Gasteiger partial charge in [0.25, 0.3) is 0 Å². The Hall–Kier alpha value is -1.03. The Balaban J connectivity index is 3.23. The number of phenolic OH excluding ortho intramolecular Hbond substituents is 1. The van der Waals surface area contributed by atoms with E-state index in [0.29, 0.717) is 18.6 Å². The van der Waals surface area contributed by atoms with Crippen LogP contribution in [0.15, 0.2) is 10.5 Å². The van der Waals surface area contributed by atoms with Gasteiger partial charge in [-0.05, 0) is 25.0 Å². The Labute approximate surface area is 97.2 Å². The quantitative estimate of drug-likeness (QED) is 0.858. The van der Waals surface area contributed by atoms with Crippen molar-refractivity contribution in [1.29, 1.82) is 0 Å². The topological polar surface area (TPSA) is 46.5 Å². The third-order valence-electron chi connectivity index (χ3n) is 2.30. The van der Waals surface area contributed by atoms with Crippen molar-refractivity contribution in [2.45, 2.75) is 19.8 Å².